The first-order valence-electron chi connectivity index (χ1n) is 20.6. The SMILES string of the molecule is CCCCCCCCCCCCCCC[C@@H](O)[C@H](COC1OC(CO)C(O)C(O)C1O)N[SH](C)(=O)CCCCCCCCCCC1CCC1. The molecule has 294 valence electrons. The summed E-state index contributed by atoms with van der Waals surface area (Å²) in [6.07, 6.45) is 26.1. The third-order valence-corrected chi connectivity index (χ3v) is 13.0. The van der Waals surface area contributed by atoms with Crippen LogP contribution in [0, 0.1) is 5.92 Å². The number of hydrogen-bond donors (Lipinski definition) is 7. The maximum atomic E-state index is 13.7. The van der Waals surface area contributed by atoms with Crippen molar-refractivity contribution in [2.45, 2.75) is 217 Å². The van der Waals surface area contributed by atoms with Crippen molar-refractivity contribution < 1.29 is 39.2 Å². The summed E-state index contributed by atoms with van der Waals surface area (Å²) >= 11 is 0. The second-order valence-corrected chi connectivity index (χ2v) is 18.5. The van der Waals surface area contributed by atoms with Crippen molar-refractivity contribution in [1.29, 1.82) is 0 Å². The van der Waals surface area contributed by atoms with Crippen LogP contribution in [0.5, 0.6) is 0 Å². The average Bonchev–Trinajstić information content (AvgIpc) is 3.06. The lowest BCUT2D eigenvalue weighted by molar-refractivity contribution is -0.302. The molecule has 10 heteroatoms. The molecule has 2 fully saturated rings. The Bertz CT molecular complexity index is 831. The number of unbranched alkanes of at least 4 members (excludes halogenated alkanes) is 19. The normalized spacial score (nSPS) is 24.9. The van der Waals surface area contributed by atoms with Crippen LogP contribution in [-0.4, -0.2) is 97.8 Å². The molecule has 0 aromatic carbocycles. The molecule has 0 radical (unpaired) electrons. The Labute approximate surface area is 301 Å². The zero-order chi connectivity index (χ0) is 35.7. The van der Waals surface area contributed by atoms with E-state index < -0.39 is 59.6 Å². The molecule has 7 atom stereocenters. The summed E-state index contributed by atoms with van der Waals surface area (Å²) in [5.41, 5.74) is 0. The number of hydrogen-bond acceptors (Lipinski definition) is 8. The minimum Gasteiger partial charge on any atom is -0.394 e. The number of thiol groups is 1. The van der Waals surface area contributed by atoms with Gasteiger partial charge in [0.05, 0.1) is 25.4 Å². The largest absolute Gasteiger partial charge is 0.394 e. The topological polar surface area (TPSA) is 149 Å². The van der Waals surface area contributed by atoms with Gasteiger partial charge in [-0.3, -0.25) is 8.93 Å². The molecule has 1 aliphatic heterocycles. The lowest BCUT2D eigenvalue weighted by Gasteiger charge is -2.40. The van der Waals surface area contributed by atoms with Gasteiger partial charge in [-0.05, 0) is 18.8 Å². The first-order chi connectivity index (χ1) is 23.7. The fourth-order valence-electron chi connectivity index (χ4n) is 7.31. The van der Waals surface area contributed by atoms with E-state index in [4.69, 9.17) is 9.47 Å². The Balaban J connectivity index is 1.71. The quantitative estimate of drug-likeness (QED) is 0.0309. The Hall–Kier alpha value is -0.170. The van der Waals surface area contributed by atoms with Gasteiger partial charge >= 0.3 is 0 Å². The van der Waals surface area contributed by atoms with Crippen molar-refractivity contribution in [1.82, 2.24) is 4.72 Å². The van der Waals surface area contributed by atoms with Gasteiger partial charge in [0, 0.05) is 12.0 Å². The molecule has 2 rings (SSSR count). The van der Waals surface area contributed by atoms with E-state index in [9.17, 15) is 29.7 Å². The van der Waals surface area contributed by atoms with Gasteiger partial charge in [0.15, 0.2) is 6.29 Å². The van der Waals surface area contributed by atoms with Gasteiger partial charge in [-0.15, -0.1) is 0 Å². The van der Waals surface area contributed by atoms with Crippen LogP contribution in [0.1, 0.15) is 174 Å². The van der Waals surface area contributed by atoms with Gasteiger partial charge in [-0.25, -0.2) is 0 Å². The second-order valence-electron chi connectivity index (χ2n) is 15.6. The molecule has 1 heterocycles. The van der Waals surface area contributed by atoms with Crippen LogP contribution in [0.2, 0.25) is 0 Å². The fourth-order valence-corrected chi connectivity index (χ4v) is 9.22. The van der Waals surface area contributed by atoms with Crippen LogP contribution in [0.15, 0.2) is 0 Å². The lowest BCUT2D eigenvalue weighted by atomic mass is 9.81. The molecule has 49 heavy (non-hydrogen) atoms. The summed E-state index contributed by atoms with van der Waals surface area (Å²) < 4.78 is 28.2. The van der Waals surface area contributed by atoms with E-state index in [1.165, 1.54) is 122 Å². The monoisotopic (exact) mass is 722 g/mol. The highest BCUT2D eigenvalue weighted by atomic mass is 32.3. The van der Waals surface area contributed by atoms with E-state index in [0.29, 0.717) is 12.2 Å². The standard InChI is InChI=1S/C39H79NO8S/c1-3-4-5-6-7-8-9-10-11-12-16-19-22-28-34(42)33(31-47-39-38(45)37(44)36(43)35(30-41)48-39)40-49(2,46)29-23-20-17-14-13-15-18-21-25-32-26-24-27-32/h32-39,41-45,49H,3-31H2,1-2H3,(H,40,46)/t33-,34+,35?,36?,37?,38?,39?/m0/s1. The molecule has 0 aromatic heterocycles. The predicted octanol–water partition coefficient (Wildman–Crippen LogP) is 6.48. The van der Waals surface area contributed by atoms with Crippen LogP contribution in [-0.2, 0) is 19.6 Å². The van der Waals surface area contributed by atoms with Crippen LogP contribution >= 0.6 is 0 Å². The van der Waals surface area contributed by atoms with Crippen molar-refractivity contribution in [2.24, 2.45) is 5.92 Å². The highest BCUT2D eigenvalue weighted by Crippen LogP contribution is 2.31. The van der Waals surface area contributed by atoms with Crippen LogP contribution < -0.4 is 4.72 Å². The molecular formula is C39H79NO8S. The minimum atomic E-state index is -2.80. The van der Waals surface area contributed by atoms with Crippen molar-refractivity contribution in [3.05, 3.63) is 0 Å². The first-order valence-corrected chi connectivity index (χ1v) is 23.0. The molecule has 0 spiro atoms. The number of rotatable bonds is 32. The van der Waals surface area contributed by atoms with Gasteiger partial charge in [0.1, 0.15) is 24.4 Å². The molecule has 0 amide bonds. The van der Waals surface area contributed by atoms with Crippen molar-refractivity contribution in [3.8, 4) is 0 Å². The molecule has 0 bridgehead atoms. The van der Waals surface area contributed by atoms with E-state index in [1.807, 2.05) is 0 Å². The third-order valence-electron chi connectivity index (χ3n) is 11.0. The number of aliphatic hydroxyl groups excluding tert-OH is 5. The summed E-state index contributed by atoms with van der Waals surface area (Å²) in [5.74, 6) is 1.55. The first kappa shape index (κ1) is 45.0. The molecule has 2 aliphatic rings. The molecular weight excluding hydrogens is 642 g/mol. The lowest BCUT2D eigenvalue weighted by Crippen LogP contribution is -2.60. The number of aliphatic hydroxyl groups is 5. The average molecular weight is 722 g/mol. The molecule has 0 aromatic rings. The molecule has 1 aliphatic carbocycles. The molecule has 6 N–H and O–H groups in total. The fraction of sp³-hybridized carbons (Fsp3) is 1.00. The number of nitrogens with one attached hydrogen (secondary N) is 1. The maximum absolute atomic E-state index is 13.7. The molecule has 9 nitrogen and oxygen atoms in total. The summed E-state index contributed by atoms with van der Waals surface area (Å²) in [7, 11) is -2.80. The maximum Gasteiger partial charge on any atom is 0.186 e. The molecule has 5 unspecified atom stereocenters. The van der Waals surface area contributed by atoms with Crippen LogP contribution in [0.25, 0.3) is 0 Å². The van der Waals surface area contributed by atoms with Gasteiger partial charge < -0.3 is 35.0 Å². The predicted molar refractivity (Wildman–Crippen MR) is 202 cm³/mol. The zero-order valence-corrected chi connectivity index (χ0v) is 32.4. The summed E-state index contributed by atoms with van der Waals surface area (Å²) in [6, 6.07) is -0.652. The molecule has 1 saturated carbocycles. The number of ether oxygens (including phenoxy) is 2. The van der Waals surface area contributed by atoms with Gasteiger partial charge in [0.25, 0.3) is 0 Å². The van der Waals surface area contributed by atoms with Crippen molar-refractivity contribution in [3.63, 3.8) is 0 Å². The summed E-state index contributed by atoms with van der Waals surface area (Å²) in [4.78, 5) is 0. The van der Waals surface area contributed by atoms with Crippen molar-refractivity contribution in [2.75, 3.05) is 25.2 Å². The minimum absolute atomic E-state index is 0.0964. The van der Waals surface area contributed by atoms with Gasteiger partial charge in [-0.1, -0.05) is 171 Å². The Kier molecular flexibility index (Phi) is 25.2. The van der Waals surface area contributed by atoms with E-state index in [2.05, 4.69) is 11.6 Å². The Morgan fingerprint density at radius 2 is 1.24 bits per heavy atom. The Morgan fingerprint density at radius 1 is 0.735 bits per heavy atom. The third kappa shape index (κ3) is 20.0. The van der Waals surface area contributed by atoms with Crippen LogP contribution in [0.3, 0.4) is 0 Å². The second kappa shape index (κ2) is 27.4. The van der Waals surface area contributed by atoms with E-state index in [0.717, 1.165) is 44.4 Å². The van der Waals surface area contributed by atoms with E-state index in [1.54, 1.807) is 6.26 Å². The Morgan fingerprint density at radius 3 is 1.76 bits per heavy atom. The summed E-state index contributed by atoms with van der Waals surface area (Å²) in [5, 5.41) is 51.5. The molecule has 1 saturated heterocycles. The van der Waals surface area contributed by atoms with Crippen molar-refractivity contribution >= 4 is 10.1 Å². The summed E-state index contributed by atoms with van der Waals surface area (Å²) in [6.45, 7) is 1.61. The zero-order valence-electron chi connectivity index (χ0n) is 31.5. The highest BCUT2D eigenvalue weighted by molar-refractivity contribution is 8.00. The van der Waals surface area contributed by atoms with E-state index in [-0.39, 0.29) is 6.61 Å². The van der Waals surface area contributed by atoms with Gasteiger partial charge in [-0.2, -0.15) is 0 Å². The van der Waals surface area contributed by atoms with Gasteiger partial charge in [0.2, 0.25) is 0 Å². The smallest absolute Gasteiger partial charge is 0.186 e. The van der Waals surface area contributed by atoms with E-state index >= 15 is 0 Å². The highest BCUT2D eigenvalue weighted by Gasteiger charge is 2.44. The van der Waals surface area contributed by atoms with Crippen LogP contribution in [0.4, 0.5) is 0 Å².